The van der Waals surface area contributed by atoms with E-state index in [-0.39, 0.29) is 0 Å². The molecule has 0 saturated heterocycles. The second-order valence-electron chi connectivity index (χ2n) is 2.11. The monoisotopic (exact) mass is 116 g/mol. The van der Waals surface area contributed by atoms with Crippen LogP contribution in [0.5, 0.6) is 0 Å². The van der Waals surface area contributed by atoms with Crippen LogP contribution in [-0.2, 0) is 0 Å². The first-order valence-electron chi connectivity index (χ1n) is 2.61. The predicted molar refractivity (Wildman–Crippen MR) is 32.6 cm³/mol. The molecule has 1 aliphatic carbocycles. The zero-order valence-corrected chi connectivity index (χ0v) is 5.15. The average molecular weight is 117 g/mol. The van der Waals surface area contributed by atoms with Gasteiger partial charge in [0.05, 0.1) is 5.38 Å². The molecule has 0 aromatic rings. The number of rotatable bonds is 0. The largest absolute Gasteiger partial charge is 0.118 e. The fourth-order valence-electron chi connectivity index (χ4n) is 0.823. The van der Waals surface area contributed by atoms with Crippen LogP contribution in [-0.4, -0.2) is 5.38 Å². The first-order valence-corrected chi connectivity index (χ1v) is 3.05. The highest BCUT2D eigenvalue weighted by molar-refractivity contribution is 6.22. The van der Waals surface area contributed by atoms with Crippen LogP contribution in [0, 0.1) is 5.92 Å². The molecule has 0 amide bonds. The molecule has 2 unspecified atom stereocenters. The summed E-state index contributed by atoms with van der Waals surface area (Å²) < 4.78 is 0. The van der Waals surface area contributed by atoms with Crippen molar-refractivity contribution in [2.24, 2.45) is 5.92 Å². The molecule has 0 saturated carbocycles. The lowest BCUT2D eigenvalue weighted by Gasteiger charge is -1.95. The van der Waals surface area contributed by atoms with Crippen LogP contribution in [0.2, 0.25) is 0 Å². The molecule has 1 aliphatic rings. The second kappa shape index (κ2) is 1.87. The molecular formula is C6H9Cl. The van der Waals surface area contributed by atoms with E-state index in [0.717, 1.165) is 6.42 Å². The quantitative estimate of drug-likeness (QED) is 0.336. The predicted octanol–water partition coefficient (Wildman–Crippen LogP) is 2.19. The van der Waals surface area contributed by atoms with Crippen LogP contribution in [0.4, 0.5) is 0 Å². The maximum absolute atomic E-state index is 5.72. The summed E-state index contributed by atoms with van der Waals surface area (Å²) in [7, 11) is 0. The normalized spacial score (nSPS) is 39.7. The minimum absolute atomic E-state index is 0.315. The van der Waals surface area contributed by atoms with Crippen molar-refractivity contribution >= 4 is 11.6 Å². The van der Waals surface area contributed by atoms with Gasteiger partial charge in [-0.1, -0.05) is 19.1 Å². The molecule has 0 N–H and O–H groups in total. The Kier molecular flexibility index (Phi) is 1.38. The van der Waals surface area contributed by atoms with E-state index < -0.39 is 0 Å². The molecule has 2 atom stereocenters. The molecule has 0 radical (unpaired) electrons. The van der Waals surface area contributed by atoms with E-state index in [1.807, 2.05) is 0 Å². The third-order valence-corrected chi connectivity index (χ3v) is 1.57. The Bertz CT molecular complexity index is 76.2. The third kappa shape index (κ3) is 1.20. The zero-order valence-electron chi connectivity index (χ0n) is 4.39. The van der Waals surface area contributed by atoms with Crippen LogP contribution >= 0.6 is 11.6 Å². The van der Waals surface area contributed by atoms with Crippen molar-refractivity contribution in [1.82, 2.24) is 0 Å². The Hall–Kier alpha value is 0.0300. The highest BCUT2D eigenvalue weighted by Gasteiger charge is 2.10. The van der Waals surface area contributed by atoms with Crippen LogP contribution in [0.1, 0.15) is 13.3 Å². The molecule has 0 bridgehead atoms. The van der Waals surface area contributed by atoms with Crippen LogP contribution in [0.3, 0.4) is 0 Å². The summed E-state index contributed by atoms with van der Waals surface area (Å²) >= 11 is 5.72. The molecule has 0 nitrogen and oxygen atoms in total. The third-order valence-electron chi connectivity index (χ3n) is 1.25. The fraction of sp³-hybridized carbons (Fsp3) is 0.667. The van der Waals surface area contributed by atoms with E-state index in [2.05, 4.69) is 19.1 Å². The van der Waals surface area contributed by atoms with Gasteiger partial charge in [0.2, 0.25) is 0 Å². The van der Waals surface area contributed by atoms with Gasteiger partial charge in [-0.25, -0.2) is 0 Å². The summed E-state index contributed by atoms with van der Waals surface area (Å²) in [6.45, 7) is 2.18. The van der Waals surface area contributed by atoms with Gasteiger partial charge in [0, 0.05) is 0 Å². The maximum atomic E-state index is 5.72. The highest BCUT2D eigenvalue weighted by atomic mass is 35.5. The van der Waals surface area contributed by atoms with Crippen LogP contribution < -0.4 is 0 Å². The smallest absolute Gasteiger partial charge is 0.0521 e. The van der Waals surface area contributed by atoms with E-state index in [1.54, 1.807) is 0 Å². The van der Waals surface area contributed by atoms with Crippen LogP contribution in [0.25, 0.3) is 0 Å². The Morgan fingerprint density at radius 2 is 2.29 bits per heavy atom. The maximum Gasteiger partial charge on any atom is 0.0521 e. The first-order chi connectivity index (χ1) is 3.29. The zero-order chi connectivity index (χ0) is 5.28. The number of hydrogen-bond acceptors (Lipinski definition) is 0. The number of allylic oxidation sites excluding steroid dienone is 2. The first kappa shape index (κ1) is 5.17. The Labute approximate surface area is 49.2 Å². The van der Waals surface area contributed by atoms with Crippen molar-refractivity contribution < 1.29 is 0 Å². The molecule has 0 fully saturated rings. The van der Waals surface area contributed by atoms with Gasteiger partial charge >= 0.3 is 0 Å². The lowest BCUT2D eigenvalue weighted by Crippen LogP contribution is -1.89. The fourth-order valence-corrected chi connectivity index (χ4v) is 1.19. The minimum atomic E-state index is 0.315. The van der Waals surface area contributed by atoms with Gasteiger partial charge in [0.1, 0.15) is 0 Å². The number of halogens is 1. The van der Waals surface area contributed by atoms with E-state index in [0.29, 0.717) is 11.3 Å². The van der Waals surface area contributed by atoms with Gasteiger partial charge in [0.25, 0.3) is 0 Å². The van der Waals surface area contributed by atoms with E-state index in [1.165, 1.54) is 0 Å². The second-order valence-corrected chi connectivity index (χ2v) is 2.67. The summed E-state index contributed by atoms with van der Waals surface area (Å²) in [6.07, 6.45) is 5.35. The van der Waals surface area contributed by atoms with Gasteiger partial charge < -0.3 is 0 Å². The Morgan fingerprint density at radius 3 is 2.43 bits per heavy atom. The summed E-state index contributed by atoms with van der Waals surface area (Å²) in [5.74, 6) is 0.711. The van der Waals surface area contributed by atoms with Crippen molar-refractivity contribution in [3.8, 4) is 0 Å². The van der Waals surface area contributed by atoms with Crippen molar-refractivity contribution in [2.75, 3.05) is 0 Å². The van der Waals surface area contributed by atoms with E-state index in [4.69, 9.17) is 11.6 Å². The molecular weight excluding hydrogens is 108 g/mol. The van der Waals surface area contributed by atoms with E-state index >= 15 is 0 Å². The van der Waals surface area contributed by atoms with Crippen molar-refractivity contribution in [3.05, 3.63) is 12.2 Å². The summed E-state index contributed by atoms with van der Waals surface area (Å²) in [5, 5.41) is 0.315. The van der Waals surface area contributed by atoms with Crippen molar-refractivity contribution in [2.45, 2.75) is 18.7 Å². The Balaban J connectivity index is 2.42. The standard InChI is InChI=1S/C6H9Cl/c1-5-2-3-6(7)4-5/h2-3,5-6H,4H2,1H3. The average Bonchev–Trinajstić information content (AvgIpc) is 1.87. The minimum Gasteiger partial charge on any atom is -0.118 e. The topological polar surface area (TPSA) is 0 Å². The van der Waals surface area contributed by atoms with Crippen LogP contribution in [0.15, 0.2) is 12.2 Å². The molecule has 0 aliphatic heterocycles. The Morgan fingerprint density at radius 1 is 1.57 bits per heavy atom. The lowest BCUT2D eigenvalue weighted by atomic mass is 10.2. The molecule has 0 heterocycles. The molecule has 1 rings (SSSR count). The lowest BCUT2D eigenvalue weighted by molar-refractivity contribution is 0.705. The van der Waals surface area contributed by atoms with Gasteiger partial charge in [-0.05, 0) is 12.3 Å². The number of alkyl halides is 1. The summed E-state index contributed by atoms with van der Waals surface area (Å²) in [5.41, 5.74) is 0. The summed E-state index contributed by atoms with van der Waals surface area (Å²) in [6, 6.07) is 0. The molecule has 40 valence electrons. The molecule has 0 spiro atoms. The highest BCUT2D eigenvalue weighted by Crippen LogP contribution is 2.20. The van der Waals surface area contributed by atoms with E-state index in [9.17, 15) is 0 Å². The number of hydrogen-bond donors (Lipinski definition) is 0. The molecule has 0 aromatic heterocycles. The van der Waals surface area contributed by atoms with Crippen molar-refractivity contribution in [3.63, 3.8) is 0 Å². The van der Waals surface area contributed by atoms with Gasteiger partial charge in [-0.3, -0.25) is 0 Å². The van der Waals surface area contributed by atoms with Crippen molar-refractivity contribution in [1.29, 1.82) is 0 Å². The van der Waals surface area contributed by atoms with Gasteiger partial charge in [0.15, 0.2) is 0 Å². The molecule has 0 aromatic carbocycles. The SMILES string of the molecule is CC1C=CC(Cl)C1. The molecule has 7 heavy (non-hydrogen) atoms. The van der Waals surface area contributed by atoms with Gasteiger partial charge in [-0.15, -0.1) is 11.6 Å². The summed E-state index contributed by atoms with van der Waals surface area (Å²) in [4.78, 5) is 0. The van der Waals surface area contributed by atoms with Gasteiger partial charge in [-0.2, -0.15) is 0 Å². The molecule has 1 heteroatoms.